The van der Waals surface area contributed by atoms with Crippen molar-refractivity contribution in [2.45, 2.75) is 12.2 Å². The molecule has 0 fully saturated rings. The van der Waals surface area contributed by atoms with Crippen LogP contribution in [0.4, 0.5) is 0 Å². The van der Waals surface area contributed by atoms with E-state index in [0.717, 1.165) is 5.28 Å². The molecule has 0 heterocycles. The molecule has 0 saturated carbocycles. The number of hydrogen-bond acceptors (Lipinski definition) is 0. The van der Waals surface area contributed by atoms with Crippen molar-refractivity contribution in [2.24, 2.45) is 0 Å². The predicted molar refractivity (Wildman–Crippen MR) is 40.6 cm³/mol. The average Bonchev–Trinajstić information content (AvgIpc) is 1.90. The van der Waals surface area contributed by atoms with Gasteiger partial charge in [-0.25, -0.2) is 0 Å². The lowest BCUT2D eigenvalue weighted by atomic mass is 10.2. The summed E-state index contributed by atoms with van der Waals surface area (Å²) < 4.78 is 0. The predicted octanol–water partition coefficient (Wildman–Crippen LogP) is 1.66. The smallest absolute Gasteiger partial charge is 0.0945 e. The summed E-state index contributed by atoms with van der Waals surface area (Å²) in [4.78, 5) is 0. The molecule has 0 nitrogen and oxygen atoms in total. The van der Waals surface area contributed by atoms with Crippen molar-refractivity contribution in [3.63, 3.8) is 0 Å². The summed E-state index contributed by atoms with van der Waals surface area (Å²) in [6.07, 6.45) is 0. The minimum atomic E-state index is 1.06. The van der Waals surface area contributed by atoms with Gasteiger partial charge < -0.3 is 0 Å². The van der Waals surface area contributed by atoms with Gasteiger partial charge in [-0.3, -0.25) is 0 Å². The molecule has 0 saturated heterocycles. The van der Waals surface area contributed by atoms with Crippen molar-refractivity contribution in [2.75, 3.05) is 0 Å². The second kappa shape index (κ2) is 3.06. The third kappa shape index (κ3) is 1.86. The highest BCUT2D eigenvalue weighted by Crippen LogP contribution is 2.01. The van der Waals surface area contributed by atoms with Gasteiger partial charge in [0, 0.05) is 0 Å². The molecule has 1 heteroatoms. The normalized spacial score (nSPS) is 9.44. The largest absolute Gasteiger partial charge is 0.125 e. The third-order valence-electron chi connectivity index (χ3n) is 1.36. The van der Waals surface area contributed by atoms with Crippen molar-refractivity contribution in [1.82, 2.24) is 0 Å². The van der Waals surface area contributed by atoms with Crippen molar-refractivity contribution in [1.29, 1.82) is 0 Å². The zero-order chi connectivity index (χ0) is 6.69. The van der Waals surface area contributed by atoms with E-state index in [-0.39, 0.29) is 0 Å². The van der Waals surface area contributed by atoms with Crippen molar-refractivity contribution < 1.29 is 0 Å². The van der Waals surface area contributed by atoms with Gasteiger partial charge >= 0.3 is 0 Å². The van der Waals surface area contributed by atoms with E-state index < -0.39 is 0 Å². The van der Waals surface area contributed by atoms with Crippen LogP contribution in [0.3, 0.4) is 0 Å². The Morgan fingerprint density at radius 3 is 2.22 bits per heavy atom. The van der Waals surface area contributed by atoms with Gasteiger partial charge in [0.25, 0.3) is 0 Å². The van der Waals surface area contributed by atoms with Gasteiger partial charge in [0.1, 0.15) is 16.3 Å². The molecule has 2 radical (unpaired) electrons. The van der Waals surface area contributed by atoms with Crippen LogP contribution in [-0.4, -0.2) is 16.3 Å². The minimum Gasteiger partial charge on any atom is -0.0945 e. The molecule has 0 aliphatic heterocycles. The first-order valence-corrected chi connectivity index (χ1v) is 3.90. The number of hydrogen-bond donors (Lipinski definition) is 0. The van der Waals surface area contributed by atoms with Crippen molar-refractivity contribution in [3.8, 4) is 0 Å². The molecule has 1 rings (SSSR count). The molecule has 0 aliphatic carbocycles. The van der Waals surface area contributed by atoms with E-state index in [4.69, 9.17) is 0 Å². The molecule has 0 N–H and O–H groups in total. The zero-order valence-electron chi connectivity index (χ0n) is 5.59. The highest BCUT2D eigenvalue weighted by Gasteiger charge is 1.84. The van der Waals surface area contributed by atoms with Crippen LogP contribution in [0, 0.1) is 6.92 Å². The fourth-order valence-corrected chi connectivity index (χ4v) is 0.996. The molecular weight excluding hydrogens is 123 g/mol. The van der Waals surface area contributed by atoms with E-state index in [1.165, 1.54) is 11.1 Å². The van der Waals surface area contributed by atoms with Crippen molar-refractivity contribution in [3.05, 3.63) is 35.4 Å². The van der Waals surface area contributed by atoms with E-state index in [0.29, 0.717) is 0 Å². The van der Waals surface area contributed by atoms with E-state index in [1.807, 2.05) is 0 Å². The summed E-state index contributed by atoms with van der Waals surface area (Å²) in [5, 5.41) is 1.06. The summed E-state index contributed by atoms with van der Waals surface area (Å²) in [5.74, 6) is 0. The molecule has 0 aromatic heterocycles. The molecule has 0 unspecified atom stereocenters. The van der Waals surface area contributed by atoms with Gasteiger partial charge in [0.15, 0.2) is 0 Å². The Hall–Kier alpha value is -0.248. The number of rotatable bonds is 1. The quantitative estimate of drug-likeness (QED) is 0.510. The summed E-state index contributed by atoms with van der Waals surface area (Å²) in [6.45, 7) is 2.10. The molecule has 1 aromatic carbocycles. The monoisotopic (exact) mass is 132 g/mol. The van der Waals surface area contributed by atoms with Crippen LogP contribution in [0.25, 0.3) is 0 Å². The molecule has 1 aromatic rings. The van der Waals surface area contributed by atoms with Gasteiger partial charge in [0.2, 0.25) is 0 Å². The Morgan fingerprint density at radius 1 is 1.22 bits per heavy atom. The fraction of sp³-hybridized carbons (Fsp3) is 0.250. The summed E-state index contributed by atoms with van der Waals surface area (Å²) in [6, 6.07) is 8.59. The summed E-state index contributed by atoms with van der Waals surface area (Å²) in [5.41, 5.74) is 2.71. The van der Waals surface area contributed by atoms with Crippen molar-refractivity contribution >= 4 is 16.3 Å². The SMILES string of the molecule is Cc1ccc([CH2][Al])cc1. The Kier molecular flexibility index (Phi) is 2.33. The molecule has 0 atom stereocenters. The van der Waals surface area contributed by atoms with Gasteiger partial charge in [-0.1, -0.05) is 40.7 Å². The first-order chi connectivity index (χ1) is 4.33. The van der Waals surface area contributed by atoms with E-state index in [9.17, 15) is 0 Å². The highest BCUT2D eigenvalue weighted by atomic mass is 27.0. The van der Waals surface area contributed by atoms with Gasteiger partial charge in [-0.05, 0) is 6.92 Å². The molecule has 44 valence electrons. The third-order valence-corrected chi connectivity index (χ3v) is 1.83. The minimum absolute atomic E-state index is 1.06. The van der Waals surface area contributed by atoms with Crippen LogP contribution >= 0.6 is 0 Å². The Bertz CT molecular complexity index is 176. The average molecular weight is 132 g/mol. The Morgan fingerprint density at radius 2 is 1.78 bits per heavy atom. The van der Waals surface area contributed by atoms with E-state index in [2.05, 4.69) is 47.5 Å². The van der Waals surface area contributed by atoms with Crippen LogP contribution in [0.1, 0.15) is 11.1 Å². The first kappa shape index (κ1) is 6.87. The highest BCUT2D eigenvalue weighted by molar-refractivity contribution is 6.08. The van der Waals surface area contributed by atoms with Crippen LogP contribution in [0.5, 0.6) is 0 Å². The number of aryl methyl sites for hydroxylation is 1. The Balaban J connectivity index is 2.88. The summed E-state index contributed by atoms with van der Waals surface area (Å²) in [7, 11) is 0. The second-order valence-corrected chi connectivity index (χ2v) is 2.60. The Labute approximate surface area is 64.3 Å². The summed E-state index contributed by atoms with van der Waals surface area (Å²) >= 11 is 2.71. The van der Waals surface area contributed by atoms with Gasteiger partial charge in [0.05, 0.1) is 0 Å². The number of benzene rings is 1. The van der Waals surface area contributed by atoms with Gasteiger partial charge in [-0.2, -0.15) is 0 Å². The lowest BCUT2D eigenvalue weighted by Crippen LogP contribution is -1.81. The van der Waals surface area contributed by atoms with Crippen LogP contribution in [0.15, 0.2) is 24.3 Å². The maximum atomic E-state index is 2.71. The standard InChI is InChI=1S/C8H9.Al/c1-7-3-5-8(2)6-4-7;/h3-6H,1H2,2H3;. The van der Waals surface area contributed by atoms with Gasteiger partial charge in [-0.15, -0.1) is 0 Å². The molecule has 0 bridgehead atoms. The van der Waals surface area contributed by atoms with E-state index >= 15 is 0 Å². The lowest BCUT2D eigenvalue weighted by molar-refractivity contribution is 1.36. The van der Waals surface area contributed by atoms with Crippen LogP contribution in [0.2, 0.25) is 0 Å². The molecule has 9 heavy (non-hydrogen) atoms. The fourth-order valence-electron chi connectivity index (χ4n) is 0.724. The topological polar surface area (TPSA) is 0 Å². The molecule has 0 spiro atoms. The second-order valence-electron chi connectivity index (χ2n) is 2.19. The maximum absolute atomic E-state index is 2.71. The molecule has 0 amide bonds. The molecule has 0 aliphatic rings. The van der Waals surface area contributed by atoms with Crippen LogP contribution in [-0.2, 0) is 5.28 Å². The lowest BCUT2D eigenvalue weighted by Gasteiger charge is -1.95. The van der Waals surface area contributed by atoms with Crippen LogP contribution < -0.4 is 0 Å². The van der Waals surface area contributed by atoms with E-state index in [1.54, 1.807) is 0 Å². The zero-order valence-corrected chi connectivity index (χ0v) is 6.75. The maximum Gasteiger partial charge on any atom is 0.125 e. The first-order valence-electron chi connectivity index (χ1n) is 3.08. The molecular formula is C8H9Al.